The Bertz CT molecular complexity index is 507. The van der Waals surface area contributed by atoms with Crippen molar-refractivity contribution in [2.45, 2.75) is 12.8 Å². The lowest BCUT2D eigenvalue weighted by atomic mass is 10.1. The average Bonchev–Trinajstić information content (AvgIpc) is 2.82. The minimum absolute atomic E-state index is 0.170. The van der Waals surface area contributed by atoms with Crippen LogP contribution in [0.1, 0.15) is 22.5 Å². The van der Waals surface area contributed by atoms with E-state index in [1.165, 1.54) is 16.6 Å². The van der Waals surface area contributed by atoms with Gasteiger partial charge in [0.25, 0.3) is 5.91 Å². The summed E-state index contributed by atoms with van der Waals surface area (Å²) in [6.45, 7) is 0.643. The second-order valence-corrected chi connectivity index (χ2v) is 4.06. The highest BCUT2D eigenvalue weighted by atomic mass is 16.2. The van der Waals surface area contributed by atoms with E-state index in [4.69, 9.17) is 0 Å². The molecule has 1 aromatic heterocycles. The van der Waals surface area contributed by atoms with E-state index < -0.39 is 0 Å². The third kappa shape index (κ3) is 3.41. The first kappa shape index (κ1) is 12.3. The zero-order valence-electron chi connectivity index (χ0n) is 10.3. The van der Waals surface area contributed by atoms with Gasteiger partial charge in [-0.1, -0.05) is 30.3 Å². The third-order valence-corrected chi connectivity index (χ3v) is 2.60. The number of amides is 1. The molecule has 5 nitrogen and oxygen atoms in total. The molecular formula is C13H16N4O. The standard InChI is InChI=1S/C13H16N4O/c1-17-15-10-12(16-17)13(18)14-9-5-8-11-6-3-2-4-7-11/h2-4,6-7,10H,5,8-9H2,1H3,(H,14,18). The van der Waals surface area contributed by atoms with Crippen LogP contribution in [0.4, 0.5) is 0 Å². The number of nitrogens with zero attached hydrogens (tertiary/aromatic N) is 3. The molecule has 2 rings (SSSR count). The van der Waals surface area contributed by atoms with Gasteiger partial charge in [-0.2, -0.15) is 9.90 Å². The summed E-state index contributed by atoms with van der Waals surface area (Å²) >= 11 is 0. The number of carbonyl (C=O) groups is 1. The summed E-state index contributed by atoms with van der Waals surface area (Å²) in [5.74, 6) is -0.170. The van der Waals surface area contributed by atoms with Gasteiger partial charge in [0.2, 0.25) is 0 Å². The molecule has 1 aromatic carbocycles. The van der Waals surface area contributed by atoms with E-state index in [2.05, 4.69) is 27.6 Å². The molecule has 0 aliphatic carbocycles. The monoisotopic (exact) mass is 244 g/mol. The number of carbonyl (C=O) groups excluding carboxylic acids is 1. The Morgan fingerprint density at radius 3 is 2.78 bits per heavy atom. The first-order valence-electron chi connectivity index (χ1n) is 5.94. The fourth-order valence-electron chi connectivity index (χ4n) is 1.68. The molecule has 0 radical (unpaired) electrons. The number of rotatable bonds is 5. The highest BCUT2D eigenvalue weighted by molar-refractivity contribution is 5.91. The zero-order valence-corrected chi connectivity index (χ0v) is 10.3. The van der Waals surface area contributed by atoms with E-state index in [9.17, 15) is 4.79 Å². The summed E-state index contributed by atoms with van der Waals surface area (Å²) in [7, 11) is 1.69. The van der Waals surface area contributed by atoms with Crippen LogP contribution in [0.2, 0.25) is 0 Å². The van der Waals surface area contributed by atoms with Crippen molar-refractivity contribution in [2.75, 3.05) is 6.54 Å². The quantitative estimate of drug-likeness (QED) is 0.803. The topological polar surface area (TPSA) is 59.8 Å². The van der Waals surface area contributed by atoms with Gasteiger partial charge in [-0.05, 0) is 18.4 Å². The molecule has 0 saturated carbocycles. The predicted octanol–water partition coefficient (Wildman–Crippen LogP) is 1.18. The van der Waals surface area contributed by atoms with Crippen molar-refractivity contribution in [2.24, 2.45) is 7.05 Å². The van der Waals surface area contributed by atoms with E-state index >= 15 is 0 Å². The summed E-state index contributed by atoms with van der Waals surface area (Å²) < 4.78 is 0. The minimum atomic E-state index is -0.170. The first-order chi connectivity index (χ1) is 8.75. The van der Waals surface area contributed by atoms with Gasteiger partial charge in [-0.15, -0.1) is 5.10 Å². The molecule has 0 atom stereocenters. The van der Waals surface area contributed by atoms with Gasteiger partial charge in [0, 0.05) is 13.6 Å². The maximum absolute atomic E-state index is 11.6. The Kier molecular flexibility index (Phi) is 4.06. The van der Waals surface area contributed by atoms with Gasteiger partial charge < -0.3 is 5.32 Å². The molecule has 0 spiro atoms. The van der Waals surface area contributed by atoms with E-state index in [1.807, 2.05) is 18.2 Å². The maximum Gasteiger partial charge on any atom is 0.273 e. The Labute approximate surface area is 106 Å². The Morgan fingerprint density at radius 2 is 2.11 bits per heavy atom. The van der Waals surface area contributed by atoms with Gasteiger partial charge >= 0.3 is 0 Å². The van der Waals surface area contributed by atoms with E-state index in [0.717, 1.165) is 12.8 Å². The van der Waals surface area contributed by atoms with Crippen molar-refractivity contribution >= 4 is 5.91 Å². The Hall–Kier alpha value is -2.17. The number of hydrogen-bond acceptors (Lipinski definition) is 3. The van der Waals surface area contributed by atoms with Gasteiger partial charge in [0.1, 0.15) is 0 Å². The fourth-order valence-corrected chi connectivity index (χ4v) is 1.68. The molecule has 18 heavy (non-hydrogen) atoms. The van der Waals surface area contributed by atoms with Gasteiger partial charge in [0.05, 0.1) is 6.20 Å². The SMILES string of the molecule is Cn1ncc(C(=O)NCCCc2ccccc2)n1. The van der Waals surface area contributed by atoms with Crippen molar-refractivity contribution < 1.29 is 4.79 Å². The molecule has 1 heterocycles. The number of nitrogens with one attached hydrogen (secondary N) is 1. The van der Waals surface area contributed by atoms with Gasteiger partial charge in [0.15, 0.2) is 5.69 Å². The van der Waals surface area contributed by atoms with Gasteiger partial charge in [-0.25, -0.2) is 0 Å². The molecule has 0 aliphatic heterocycles. The maximum atomic E-state index is 11.6. The second-order valence-electron chi connectivity index (χ2n) is 4.06. The molecule has 1 N–H and O–H groups in total. The lowest BCUT2D eigenvalue weighted by Gasteiger charge is -2.03. The molecule has 1 amide bonds. The Balaban J connectivity index is 1.71. The Morgan fingerprint density at radius 1 is 1.33 bits per heavy atom. The summed E-state index contributed by atoms with van der Waals surface area (Å²) in [5.41, 5.74) is 1.64. The van der Waals surface area contributed by atoms with E-state index in [-0.39, 0.29) is 5.91 Å². The number of aryl methyl sites for hydroxylation is 2. The van der Waals surface area contributed by atoms with Crippen LogP contribution >= 0.6 is 0 Å². The van der Waals surface area contributed by atoms with Crippen molar-refractivity contribution in [1.29, 1.82) is 0 Å². The minimum Gasteiger partial charge on any atom is -0.351 e. The van der Waals surface area contributed by atoms with Crippen molar-refractivity contribution in [3.63, 3.8) is 0 Å². The number of benzene rings is 1. The molecule has 0 fully saturated rings. The third-order valence-electron chi connectivity index (χ3n) is 2.60. The average molecular weight is 244 g/mol. The lowest BCUT2D eigenvalue weighted by Crippen LogP contribution is -2.25. The summed E-state index contributed by atoms with van der Waals surface area (Å²) in [6, 6.07) is 10.2. The molecule has 5 heteroatoms. The normalized spacial score (nSPS) is 10.3. The molecule has 2 aromatic rings. The van der Waals surface area contributed by atoms with Crippen LogP contribution in [0.3, 0.4) is 0 Å². The van der Waals surface area contributed by atoms with Crippen molar-refractivity contribution in [3.05, 3.63) is 47.8 Å². The van der Waals surface area contributed by atoms with Crippen molar-refractivity contribution in [3.8, 4) is 0 Å². The van der Waals surface area contributed by atoms with Crippen LogP contribution in [0, 0.1) is 0 Å². The van der Waals surface area contributed by atoms with Crippen LogP contribution in [0.25, 0.3) is 0 Å². The second kappa shape index (κ2) is 5.95. The van der Waals surface area contributed by atoms with Crippen LogP contribution in [0.5, 0.6) is 0 Å². The molecule has 0 bridgehead atoms. The predicted molar refractivity (Wildman–Crippen MR) is 68.1 cm³/mol. The zero-order chi connectivity index (χ0) is 12.8. The van der Waals surface area contributed by atoms with Crippen LogP contribution in [0.15, 0.2) is 36.5 Å². The highest BCUT2D eigenvalue weighted by Crippen LogP contribution is 2.01. The first-order valence-corrected chi connectivity index (χ1v) is 5.94. The summed E-state index contributed by atoms with van der Waals surface area (Å²) in [5, 5.41) is 10.6. The number of hydrogen-bond donors (Lipinski definition) is 1. The summed E-state index contributed by atoms with van der Waals surface area (Å²) in [6.07, 6.45) is 3.34. The molecule has 0 aliphatic rings. The molecule has 0 saturated heterocycles. The summed E-state index contributed by atoms with van der Waals surface area (Å²) in [4.78, 5) is 13.0. The van der Waals surface area contributed by atoms with E-state index in [0.29, 0.717) is 12.2 Å². The molecular weight excluding hydrogens is 228 g/mol. The smallest absolute Gasteiger partial charge is 0.273 e. The largest absolute Gasteiger partial charge is 0.351 e. The van der Waals surface area contributed by atoms with Crippen LogP contribution < -0.4 is 5.32 Å². The van der Waals surface area contributed by atoms with Gasteiger partial charge in [-0.3, -0.25) is 4.79 Å². The molecule has 94 valence electrons. The fraction of sp³-hybridized carbons (Fsp3) is 0.308. The number of aromatic nitrogens is 3. The van der Waals surface area contributed by atoms with Crippen LogP contribution in [-0.4, -0.2) is 27.4 Å². The van der Waals surface area contributed by atoms with Crippen LogP contribution in [-0.2, 0) is 13.5 Å². The molecule has 0 unspecified atom stereocenters. The van der Waals surface area contributed by atoms with Crippen molar-refractivity contribution in [1.82, 2.24) is 20.3 Å². The highest BCUT2D eigenvalue weighted by Gasteiger charge is 2.08. The lowest BCUT2D eigenvalue weighted by molar-refractivity contribution is 0.0947. The van der Waals surface area contributed by atoms with E-state index in [1.54, 1.807) is 7.05 Å².